The highest BCUT2D eigenvalue weighted by Gasteiger charge is 2.29. The van der Waals surface area contributed by atoms with Gasteiger partial charge in [0.05, 0.1) is 6.61 Å². The van der Waals surface area contributed by atoms with E-state index in [4.69, 9.17) is 9.15 Å². The molecule has 0 saturated carbocycles. The average molecular weight is 289 g/mol. The van der Waals surface area contributed by atoms with Gasteiger partial charge in [0.1, 0.15) is 0 Å². The van der Waals surface area contributed by atoms with Crippen LogP contribution in [0.1, 0.15) is 63.2 Å². The number of carbonyl (C=O) groups is 1. The average Bonchev–Trinajstić information content (AvgIpc) is 2.72. The number of nitrogens with zero attached hydrogens (tertiary/aromatic N) is 1. The molecule has 20 heavy (non-hydrogen) atoms. The number of esters is 1. The number of hydrogen-bond donors (Lipinski definition) is 0. The minimum Gasteiger partial charge on any atom is -0.460 e. The number of carbonyl (C=O) groups excluding carboxylic acids is 1. The molecule has 0 aliphatic rings. The van der Waals surface area contributed by atoms with Crippen LogP contribution in [0.3, 0.4) is 0 Å². The van der Waals surface area contributed by atoms with Crippen LogP contribution in [0.4, 0.5) is 8.78 Å². The Labute approximate surface area is 117 Å². The maximum atomic E-state index is 12.9. The number of aromatic nitrogens is 1. The van der Waals surface area contributed by atoms with Crippen LogP contribution in [0.25, 0.3) is 0 Å². The first-order valence-electron chi connectivity index (χ1n) is 6.61. The Morgan fingerprint density at radius 1 is 1.40 bits per heavy atom. The summed E-state index contributed by atoms with van der Waals surface area (Å²) >= 11 is 0. The highest BCUT2D eigenvalue weighted by atomic mass is 19.3. The standard InChI is InChI=1S/C14H21F2NO3/c1-6-19-13(18)11-10(12(15)16)17-9(20-11)7-8(2)14(3,4)5/h8,12H,6-7H2,1-5H3. The van der Waals surface area contributed by atoms with Crippen molar-refractivity contribution in [2.24, 2.45) is 11.3 Å². The number of halogens is 2. The molecule has 0 fully saturated rings. The van der Waals surface area contributed by atoms with Crippen LogP contribution in [0, 0.1) is 11.3 Å². The Morgan fingerprint density at radius 2 is 2.00 bits per heavy atom. The molecule has 0 saturated heterocycles. The van der Waals surface area contributed by atoms with Gasteiger partial charge in [0.15, 0.2) is 11.6 Å². The first-order chi connectivity index (χ1) is 9.16. The minimum absolute atomic E-state index is 0.0104. The van der Waals surface area contributed by atoms with E-state index in [1.165, 1.54) is 0 Å². The Morgan fingerprint density at radius 3 is 2.45 bits per heavy atom. The van der Waals surface area contributed by atoms with Gasteiger partial charge in [0.25, 0.3) is 6.43 Å². The Bertz CT molecular complexity index is 463. The van der Waals surface area contributed by atoms with Gasteiger partial charge in [-0.15, -0.1) is 0 Å². The molecule has 0 aliphatic heterocycles. The van der Waals surface area contributed by atoms with Crippen molar-refractivity contribution in [1.82, 2.24) is 4.98 Å². The van der Waals surface area contributed by atoms with Crippen LogP contribution in [0.5, 0.6) is 0 Å². The Kier molecular flexibility index (Phi) is 5.25. The lowest BCUT2D eigenvalue weighted by atomic mass is 9.80. The van der Waals surface area contributed by atoms with Gasteiger partial charge in [-0.1, -0.05) is 27.7 Å². The predicted molar refractivity (Wildman–Crippen MR) is 69.7 cm³/mol. The second-order valence-electron chi connectivity index (χ2n) is 5.81. The molecule has 1 heterocycles. The van der Waals surface area contributed by atoms with E-state index in [0.29, 0.717) is 6.42 Å². The molecule has 4 nitrogen and oxygen atoms in total. The summed E-state index contributed by atoms with van der Waals surface area (Å²) < 4.78 is 35.7. The van der Waals surface area contributed by atoms with Gasteiger partial charge >= 0.3 is 5.97 Å². The molecular weight excluding hydrogens is 268 g/mol. The lowest BCUT2D eigenvalue weighted by molar-refractivity contribution is 0.0473. The maximum absolute atomic E-state index is 12.9. The summed E-state index contributed by atoms with van der Waals surface area (Å²) in [5.74, 6) is -1.07. The Hall–Kier alpha value is -1.46. The molecule has 0 bridgehead atoms. The van der Waals surface area contributed by atoms with Crippen molar-refractivity contribution in [2.45, 2.75) is 47.5 Å². The molecule has 0 N–H and O–H groups in total. The second-order valence-corrected chi connectivity index (χ2v) is 5.81. The summed E-state index contributed by atoms with van der Waals surface area (Å²) in [5, 5.41) is 0. The van der Waals surface area contributed by atoms with Gasteiger partial charge in [-0.3, -0.25) is 0 Å². The van der Waals surface area contributed by atoms with E-state index in [1.807, 2.05) is 27.7 Å². The number of alkyl halides is 2. The van der Waals surface area contributed by atoms with Crippen LogP contribution in [0.2, 0.25) is 0 Å². The van der Waals surface area contributed by atoms with E-state index in [9.17, 15) is 13.6 Å². The van der Waals surface area contributed by atoms with Crippen LogP contribution in [-0.2, 0) is 11.2 Å². The van der Waals surface area contributed by atoms with Gasteiger partial charge in [-0.05, 0) is 18.3 Å². The van der Waals surface area contributed by atoms with Crippen LogP contribution in [-0.4, -0.2) is 17.6 Å². The highest BCUT2D eigenvalue weighted by Crippen LogP contribution is 2.30. The largest absolute Gasteiger partial charge is 0.460 e. The van der Waals surface area contributed by atoms with Crippen molar-refractivity contribution in [2.75, 3.05) is 6.61 Å². The molecule has 1 aromatic rings. The summed E-state index contributed by atoms with van der Waals surface area (Å²) in [6, 6.07) is 0. The van der Waals surface area contributed by atoms with Crippen LogP contribution < -0.4 is 0 Å². The van der Waals surface area contributed by atoms with Crippen molar-refractivity contribution in [3.05, 3.63) is 17.3 Å². The van der Waals surface area contributed by atoms with Crippen molar-refractivity contribution in [3.63, 3.8) is 0 Å². The summed E-state index contributed by atoms with van der Waals surface area (Å²) in [4.78, 5) is 15.3. The topological polar surface area (TPSA) is 52.3 Å². The molecular formula is C14H21F2NO3. The molecule has 0 aromatic carbocycles. The number of ether oxygens (including phenoxy) is 1. The zero-order valence-corrected chi connectivity index (χ0v) is 12.5. The zero-order valence-electron chi connectivity index (χ0n) is 12.5. The van der Waals surface area contributed by atoms with E-state index in [0.717, 1.165) is 0 Å². The molecule has 0 amide bonds. The molecule has 1 rings (SSSR count). The van der Waals surface area contributed by atoms with Crippen molar-refractivity contribution >= 4 is 5.97 Å². The Balaban J connectivity index is 3.01. The highest BCUT2D eigenvalue weighted by molar-refractivity contribution is 5.87. The number of rotatable bonds is 5. The quantitative estimate of drug-likeness (QED) is 0.768. The first-order valence-corrected chi connectivity index (χ1v) is 6.61. The fourth-order valence-corrected chi connectivity index (χ4v) is 1.52. The third-order valence-electron chi connectivity index (χ3n) is 3.32. The normalized spacial score (nSPS) is 13.6. The predicted octanol–water partition coefficient (Wildman–Crippen LogP) is 4.01. The lowest BCUT2D eigenvalue weighted by Gasteiger charge is -2.25. The van der Waals surface area contributed by atoms with E-state index in [1.54, 1.807) is 6.92 Å². The fraction of sp³-hybridized carbons (Fsp3) is 0.714. The lowest BCUT2D eigenvalue weighted by Crippen LogP contribution is -2.19. The molecule has 1 aromatic heterocycles. The van der Waals surface area contributed by atoms with Crippen molar-refractivity contribution in [1.29, 1.82) is 0 Å². The maximum Gasteiger partial charge on any atom is 0.376 e. The van der Waals surface area contributed by atoms with E-state index >= 15 is 0 Å². The van der Waals surface area contributed by atoms with Gasteiger partial charge in [-0.2, -0.15) is 0 Å². The van der Waals surface area contributed by atoms with Gasteiger partial charge in [0.2, 0.25) is 5.76 Å². The molecule has 0 radical (unpaired) electrons. The number of oxazole rings is 1. The van der Waals surface area contributed by atoms with Crippen molar-refractivity contribution in [3.8, 4) is 0 Å². The van der Waals surface area contributed by atoms with Gasteiger partial charge in [-0.25, -0.2) is 18.6 Å². The second kappa shape index (κ2) is 6.33. The third-order valence-corrected chi connectivity index (χ3v) is 3.32. The van der Waals surface area contributed by atoms with E-state index in [2.05, 4.69) is 4.98 Å². The molecule has 1 atom stereocenters. The van der Waals surface area contributed by atoms with E-state index in [-0.39, 0.29) is 23.8 Å². The molecule has 114 valence electrons. The minimum atomic E-state index is -2.86. The molecule has 1 unspecified atom stereocenters. The number of hydrogen-bond acceptors (Lipinski definition) is 4. The van der Waals surface area contributed by atoms with Crippen LogP contribution >= 0.6 is 0 Å². The van der Waals surface area contributed by atoms with E-state index < -0.39 is 23.8 Å². The fourth-order valence-electron chi connectivity index (χ4n) is 1.52. The van der Waals surface area contributed by atoms with Gasteiger partial charge < -0.3 is 9.15 Å². The summed E-state index contributed by atoms with van der Waals surface area (Å²) in [5.41, 5.74) is -0.650. The zero-order chi connectivity index (χ0) is 15.5. The molecule has 0 spiro atoms. The first kappa shape index (κ1) is 16.6. The monoisotopic (exact) mass is 289 g/mol. The molecule has 6 heteroatoms. The summed E-state index contributed by atoms with van der Waals surface area (Å²) in [6.45, 7) is 9.80. The SMILES string of the molecule is CCOC(=O)c1oc(CC(C)C(C)(C)C)nc1C(F)F. The molecule has 0 aliphatic carbocycles. The van der Waals surface area contributed by atoms with Gasteiger partial charge in [0, 0.05) is 6.42 Å². The smallest absolute Gasteiger partial charge is 0.376 e. The summed E-state index contributed by atoms with van der Waals surface area (Å²) in [7, 11) is 0. The third kappa shape index (κ3) is 4.02. The van der Waals surface area contributed by atoms with Crippen molar-refractivity contribution < 1.29 is 22.7 Å². The summed E-state index contributed by atoms with van der Waals surface area (Å²) in [6.07, 6.45) is -2.47. The van der Waals surface area contributed by atoms with Crippen LogP contribution in [0.15, 0.2) is 4.42 Å².